The Morgan fingerprint density at radius 1 is 0.511 bits per heavy atom. The first-order valence-corrected chi connectivity index (χ1v) is 16.7. The number of para-hydroxylation sites is 2. The number of hydrogen-bond donors (Lipinski definition) is 0. The smallest absolute Gasteiger partial charge is 0.0545 e. The van der Waals surface area contributed by atoms with Crippen LogP contribution in [0.2, 0.25) is 0 Å². The first-order valence-electron chi connectivity index (χ1n) is 16.7. The maximum atomic E-state index is 2.47. The normalized spacial score (nSPS) is 15.0. The molecule has 0 spiro atoms. The number of fused-ring (bicyclic) bond motifs is 5. The SMILES string of the molecule is CC1(C)c2ccccc2N(c2ccc(-c3ccccc3)cc2)c2cc3c4ccccc4n(-c4ccc(C5=CCCC=C5)cc4)c3cc21. The van der Waals surface area contributed by atoms with E-state index >= 15 is 0 Å². The van der Waals surface area contributed by atoms with Crippen molar-refractivity contribution < 1.29 is 0 Å². The van der Waals surface area contributed by atoms with Crippen molar-refractivity contribution in [3.05, 3.63) is 174 Å². The van der Waals surface area contributed by atoms with Crippen LogP contribution in [0.1, 0.15) is 43.4 Å². The lowest BCUT2D eigenvalue weighted by Crippen LogP contribution is -2.30. The molecule has 7 aromatic rings. The van der Waals surface area contributed by atoms with Crippen molar-refractivity contribution in [1.82, 2.24) is 4.57 Å². The molecule has 2 heterocycles. The number of rotatable bonds is 4. The Labute approximate surface area is 276 Å². The van der Waals surface area contributed by atoms with Gasteiger partial charge >= 0.3 is 0 Å². The zero-order valence-corrected chi connectivity index (χ0v) is 26.8. The van der Waals surface area contributed by atoms with E-state index in [0.29, 0.717) is 0 Å². The van der Waals surface area contributed by atoms with Gasteiger partial charge in [-0.2, -0.15) is 0 Å². The fourth-order valence-electron chi connectivity index (χ4n) is 7.78. The quantitative estimate of drug-likeness (QED) is 0.194. The summed E-state index contributed by atoms with van der Waals surface area (Å²) in [6.45, 7) is 4.75. The highest BCUT2D eigenvalue weighted by molar-refractivity contribution is 6.11. The zero-order valence-electron chi connectivity index (χ0n) is 26.8. The Morgan fingerprint density at radius 3 is 1.98 bits per heavy atom. The molecule has 0 radical (unpaired) electrons. The Hall–Kier alpha value is -5.60. The predicted molar refractivity (Wildman–Crippen MR) is 199 cm³/mol. The predicted octanol–water partition coefficient (Wildman–Crippen LogP) is 12.3. The van der Waals surface area contributed by atoms with Crippen LogP contribution in [-0.4, -0.2) is 4.57 Å². The third kappa shape index (κ3) is 4.40. The standard InChI is InChI=1S/C45H36N2/c1-45(2)39-18-10-12-20-42(39)47(36-27-23-34(24-28-36)32-15-7-4-8-16-32)44-29-38-37-17-9-11-19-41(37)46(43(38)30-40(44)45)35-25-21-33(22-26-35)31-13-5-3-6-14-31/h4-5,7-30H,3,6H2,1-2H3. The van der Waals surface area contributed by atoms with Gasteiger partial charge < -0.3 is 9.47 Å². The van der Waals surface area contributed by atoms with Crippen LogP contribution in [0.5, 0.6) is 0 Å². The van der Waals surface area contributed by atoms with Gasteiger partial charge in [0.2, 0.25) is 0 Å². The van der Waals surface area contributed by atoms with E-state index in [-0.39, 0.29) is 5.41 Å². The van der Waals surface area contributed by atoms with Gasteiger partial charge in [0.15, 0.2) is 0 Å². The minimum atomic E-state index is -0.189. The van der Waals surface area contributed by atoms with Gasteiger partial charge in [-0.3, -0.25) is 0 Å². The summed E-state index contributed by atoms with van der Waals surface area (Å²) in [6, 6.07) is 51.5. The van der Waals surface area contributed by atoms with Crippen LogP contribution in [0.3, 0.4) is 0 Å². The molecule has 0 amide bonds. The second-order valence-electron chi connectivity index (χ2n) is 13.3. The van der Waals surface area contributed by atoms with E-state index in [2.05, 4.69) is 181 Å². The zero-order chi connectivity index (χ0) is 31.5. The second-order valence-corrected chi connectivity index (χ2v) is 13.3. The third-order valence-electron chi connectivity index (χ3n) is 10.2. The van der Waals surface area contributed by atoms with Gasteiger partial charge in [-0.05, 0) is 94.8 Å². The molecule has 0 atom stereocenters. The van der Waals surface area contributed by atoms with Crippen LogP contribution < -0.4 is 4.90 Å². The van der Waals surface area contributed by atoms with Crippen molar-refractivity contribution in [3.63, 3.8) is 0 Å². The van der Waals surface area contributed by atoms with Crippen molar-refractivity contribution in [2.75, 3.05) is 4.90 Å². The number of allylic oxidation sites excluding steroid dienone is 4. The van der Waals surface area contributed by atoms with Gasteiger partial charge in [0.25, 0.3) is 0 Å². The Morgan fingerprint density at radius 2 is 1.19 bits per heavy atom. The monoisotopic (exact) mass is 604 g/mol. The summed E-state index contributed by atoms with van der Waals surface area (Å²) >= 11 is 0. The lowest BCUT2D eigenvalue weighted by molar-refractivity contribution is 0.632. The first-order chi connectivity index (χ1) is 23.1. The molecule has 0 fully saturated rings. The molecular formula is C45H36N2. The van der Waals surface area contributed by atoms with Gasteiger partial charge in [0.05, 0.1) is 22.4 Å². The van der Waals surface area contributed by atoms with Crippen LogP contribution in [-0.2, 0) is 5.41 Å². The molecule has 1 aliphatic carbocycles. The molecule has 0 saturated carbocycles. The Kier molecular flexibility index (Phi) is 6.33. The average molecular weight is 605 g/mol. The second kappa shape index (κ2) is 10.7. The van der Waals surface area contributed by atoms with Gasteiger partial charge in [-0.15, -0.1) is 0 Å². The molecule has 2 nitrogen and oxygen atoms in total. The fraction of sp³-hybridized carbons (Fsp3) is 0.111. The minimum absolute atomic E-state index is 0.189. The molecule has 9 rings (SSSR count). The topological polar surface area (TPSA) is 8.17 Å². The van der Waals surface area contributed by atoms with Crippen LogP contribution in [0.25, 0.3) is 44.2 Å². The van der Waals surface area contributed by atoms with E-state index in [4.69, 9.17) is 0 Å². The lowest BCUT2D eigenvalue weighted by atomic mass is 9.73. The van der Waals surface area contributed by atoms with Crippen molar-refractivity contribution in [2.45, 2.75) is 32.1 Å². The maximum absolute atomic E-state index is 2.47. The summed E-state index contributed by atoms with van der Waals surface area (Å²) in [4.78, 5) is 2.47. The van der Waals surface area contributed by atoms with E-state index in [0.717, 1.165) is 12.8 Å². The Bertz CT molecular complexity index is 2350. The van der Waals surface area contributed by atoms with Crippen molar-refractivity contribution in [3.8, 4) is 16.8 Å². The molecule has 2 heteroatoms. The number of nitrogens with zero attached hydrogens (tertiary/aromatic N) is 2. The van der Waals surface area contributed by atoms with E-state index in [1.54, 1.807) is 0 Å². The summed E-state index contributed by atoms with van der Waals surface area (Å²) in [5, 5.41) is 2.53. The van der Waals surface area contributed by atoms with Crippen molar-refractivity contribution >= 4 is 44.4 Å². The molecule has 226 valence electrons. The lowest BCUT2D eigenvalue weighted by Gasteiger charge is -2.42. The molecule has 2 aliphatic rings. The Balaban J connectivity index is 1.25. The largest absolute Gasteiger partial charge is 0.310 e. The summed E-state index contributed by atoms with van der Waals surface area (Å²) in [7, 11) is 0. The summed E-state index contributed by atoms with van der Waals surface area (Å²) in [5.74, 6) is 0. The molecule has 0 saturated heterocycles. The molecule has 0 unspecified atom stereocenters. The molecule has 1 aromatic heterocycles. The maximum Gasteiger partial charge on any atom is 0.0545 e. The van der Waals surface area contributed by atoms with E-state index < -0.39 is 0 Å². The molecule has 6 aromatic carbocycles. The molecular weight excluding hydrogens is 569 g/mol. The molecule has 0 bridgehead atoms. The number of hydrogen-bond acceptors (Lipinski definition) is 1. The third-order valence-corrected chi connectivity index (χ3v) is 10.2. The van der Waals surface area contributed by atoms with Crippen LogP contribution in [0.15, 0.2) is 158 Å². The van der Waals surface area contributed by atoms with Gasteiger partial charge in [-0.1, -0.05) is 123 Å². The summed E-state index contributed by atoms with van der Waals surface area (Å²) < 4.78 is 2.45. The highest BCUT2D eigenvalue weighted by atomic mass is 15.2. The van der Waals surface area contributed by atoms with Gasteiger partial charge in [0, 0.05) is 27.6 Å². The highest BCUT2D eigenvalue weighted by Crippen LogP contribution is 2.53. The molecule has 1 aliphatic heterocycles. The van der Waals surface area contributed by atoms with Crippen LogP contribution in [0, 0.1) is 0 Å². The van der Waals surface area contributed by atoms with E-state index in [1.165, 1.54) is 77.9 Å². The van der Waals surface area contributed by atoms with Crippen molar-refractivity contribution in [1.29, 1.82) is 0 Å². The van der Waals surface area contributed by atoms with Crippen molar-refractivity contribution in [2.24, 2.45) is 0 Å². The number of anilines is 3. The van der Waals surface area contributed by atoms with E-state index in [1.807, 2.05) is 0 Å². The number of benzene rings is 6. The number of aromatic nitrogens is 1. The van der Waals surface area contributed by atoms with Gasteiger partial charge in [-0.25, -0.2) is 0 Å². The first kappa shape index (κ1) is 27.7. The molecule has 0 N–H and O–H groups in total. The van der Waals surface area contributed by atoms with Crippen LogP contribution >= 0.6 is 0 Å². The fourth-order valence-corrected chi connectivity index (χ4v) is 7.78. The average Bonchev–Trinajstić information content (AvgIpc) is 3.46. The molecule has 47 heavy (non-hydrogen) atoms. The summed E-state index contributed by atoms with van der Waals surface area (Å²) in [6.07, 6.45) is 9.12. The van der Waals surface area contributed by atoms with E-state index in [9.17, 15) is 0 Å². The highest BCUT2D eigenvalue weighted by Gasteiger charge is 2.37. The van der Waals surface area contributed by atoms with Gasteiger partial charge in [0.1, 0.15) is 0 Å². The van der Waals surface area contributed by atoms with Crippen LogP contribution in [0.4, 0.5) is 17.1 Å². The summed E-state index contributed by atoms with van der Waals surface area (Å²) in [5.41, 5.74) is 14.8. The minimum Gasteiger partial charge on any atom is -0.310 e.